The topological polar surface area (TPSA) is 46.9 Å². The molecular formula is C14H25N3O. The SMILES string of the molecule is CCCn1ccnc(NCCCCC(C)C)c1=O. The molecule has 4 heteroatoms. The van der Waals surface area contributed by atoms with E-state index in [1.165, 1.54) is 12.8 Å². The molecule has 0 bridgehead atoms. The van der Waals surface area contributed by atoms with Gasteiger partial charge in [-0.2, -0.15) is 0 Å². The third kappa shape index (κ3) is 4.90. The molecule has 0 spiro atoms. The first kappa shape index (κ1) is 14.7. The molecule has 1 rings (SSSR count). The molecule has 0 radical (unpaired) electrons. The van der Waals surface area contributed by atoms with Gasteiger partial charge in [-0.15, -0.1) is 0 Å². The molecule has 0 aliphatic rings. The lowest BCUT2D eigenvalue weighted by Gasteiger charge is -2.08. The van der Waals surface area contributed by atoms with Gasteiger partial charge in [0.15, 0.2) is 5.82 Å². The lowest BCUT2D eigenvalue weighted by atomic mass is 10.1. The van der Waals surface area contributed by atoms with Gasteiger partial charge in [0, 0.05) is 25.5 Å². The Hall–Kier alpha value is -1.32. The minimum Gasteiger partial charge on any atom is -0.365 e. The summed E-state index contributed by atoms with van der Waals surface area (Å²) in [6.07, 6.45) is 7.91. The highest BCUT2D eigenvalue weighted by molar-refractivity contribution is 5.30. The molecule has 0 unspecified atom stereocenters. The number of anilines is 1. The Bertz CT molecular complexity index is 398. The van der Waals surface area contributed by atoms with E-state index in [4.69, 9.17) is 0 Å². The predicted molar refractivity (Wildman–Crippen MR) is 76.0 cm³/mol. The van der Waals surface area contributed by atoms with Crippen LogP contribution in [0.5, 0.6) is 0 Å². The van der Waals surface area contributed by atoms with Crippen LogP contribution in [0.3, 0.4) is 0 Å². The molecule has 18 heavy (non-hydrogen) atoms. The van der Waals surface area contributed by atoms with E-state index in [0.717, 1.165) is 31.8 Å². The molecule has 0 saturated carbocycles. The van der Waals surface area contributed by atoms with Crippen molar-refractivity contribution in [3.63, 3.8) is 0 Å². The Kier molecular flexibility index (Phi) is 6.47. The minimum absolute atomic E-state index is 0.0109. The number of aryl methyl sites for hydroxylation is 1. The van der Waals surface area contributed by atoms with Crippen molar-refractivity contribution in [1.29, 1.82) is 0 Å². The summed E-state index contributed by atoms with van der Waals surface area (Å²) in [4.78, 5) is 16.1. The third-order valence-electron chi connectivity index (χ3n) is 2.88. The van der Waals surface area contributed by atoms with Gasteiger partial charge < -0.3 is 9.88 Å². The zero-order chi connectivity index (χ0) is 13.4. The highest BCUT2D eigenvalue weighted by atomic mass is 16.1. The van der Waals surface area contributed by atoms with Gasteiger partial charge in [0.05, 0.1) is 0 Å². The van der Waals surface area contributed by atoms with E-state index in [2.05, 4.69) is 31.1 Å². The van der Waals surface area contributed by atoms with Crippen LogP contribution in [0.15, 0.2) is 17.2 Å². The van der Waals surface area contributed by atoms with Crippen molar-refractivity contribution in [2.24, 2.45) is 5.92 Å². The molecule has 1 aromatic heterocycles. The molecule has 0 aromatic carbocycles. The molecule has 0 saturated heterocycles. The van der Waals surface area contributed by atoms with E-state index in [0.29, 0.717) is 5.82 Å². The van der Waals surface area contributed by atoms with Gasteiger partial charge >= 0.3 is 0 Å². The number of rotatable bonds is 8. The molecule has 102 valence electrons. The van der Waals surface area contributed by atoms with Crippen molar-refractivity contribution < 1.29 is 0 Å². The first-order chi connectivity index (χ1) is 8.65. The highest BCUT2D eigenvalue weighted by Gasteiger charge is 2.03. The molecule has 0 amide bonds. The summed E-state index contributed by atoms with van der Waals surface area (Å²) in [5.41, 5.74) is -0.0109. The number of aromatic nitrogens is 2. The minimum atomic E-state index is -0.0109. The quantitative estimate of drug-likeness (QED) is 0.723. The van der Waals surface area contributed by atoms with E-state index < -0.39 is 0 Å². The van der Waals surface area contributed by atoms with Crippen molar-refractivity contribution in [1.82, 2.24) is 9.55 Å². The second kappa shape index (κ2) is 7.90. The lowest BCUT2D eigenvalue weighted by molar-refractivity contribution is 0.544. The average Bonchev–Trinajstić information content (AvgIpc) is 2.33. The Labute approximate surface area is 109 Å². The number of unbranched alkanes of at least 4 members (excludes halogenated alkanes) is 1. The average molecular weight is 251 g/mol. The van der Waals surface area contributed by atoms with Gasteiger partial charge in [-0.3, -0.25) is 4.79 Å². The van der Waals surface area contributed by atoms with Crippen LogP contribution in [-0.2, 0) is 6.54 Å². The monoisotopic (exact) mass is 251 g/mol. The largest absolute Gasteiger partial charge is 0.365 e. The summed E-state index contributed by atoms with van der Waals surface area (Å²) in [7, 11) is 0. The Morgan fingerprint density at radius 3 is 2.83 bits per heavy atom. The normalized spacial score (nSPS) is 10.9. The number of nitrogens with zero attached hydrogens (tertiary/aromatic N) is 2. The van der Waals surface area contributed by atoms with Crippen molar-refractivity contribution >= 4 is 5.82 Å². The van der Waals surface area contributed by atoms with Gasteiger partial charge in [-0.25, -0.2) is 4.98 Å². The highest BCUT2D eigenvalue weighted by Crippen LogP contribution is 2.06. The Morgan fingerprint density at radius 1 is 1.39 bits per heavy atom. The number of hydrogen-bond donors (Lipinski definition) is 1. The van der Waals surface area contributed by atoms with Crippen LogP contribution < -0.4 is 10.9 Å². The lowest BCUT2D eigenvalue weighted by Crippen LogP contribution is -2.24. The van der Waals surface area contributed by atoms with Crippen LogP contribution in [0.25, 0.3) is 0 Å². The van der Waals surface area contributed by atoms with Gasteiger partial charge in [-0.1, -0.05) is 33.6 Å². The van der Waals surface area contributed by atoms with Gasteiger partial charge in [0.2, 0.25) is 0 Å². The Morgan fingerprint density at radius 2 is 2.17 bits per heavy atom. The molecule has 4 nitrogen and oxygen atoms in total. The molecule has 0 atom stereocenters. The summed E-state index contributed by atoms with van der Waals surface area (Å²) in [6, 6.07) is 0. The van der Waals surface area contributed by atoms with Gasteiger partial charge in [-0.05, 0) is 18.8 Å². The van der Waals surface area contributed by atoms with Crippen molar-refractivity contribution in [2.75, 3.05) is 11.9 Å². The fraction of sp³-hybridized carbons (Fsp3) is 0.714. The fourth-order valence-electron chi connectivity index (χ4n) is 1.87. The zero-order valence-electron chi connectivity index (χ0n) is 11.8. The van der Waals surface area contributed by atoms with Crippen LogP contribution in [0, 0.1) is 5.92 Å². The molecule has 0 aliphatic heterocycles. The Balaban J connectivity index is 2.42. The van der Waals surface area contributed by atoms with Gasteiger partial charge in [0.25, 0.3) is 5.56 Å². The zero-order valence-corrected chi connectivity index (χ0v) is 11.8. The molecule has 0 aliphatic carbocycles. The smallest absolute Gasteiger partial charge is 0.293 e. The number of nitrogens with one attached hydrogen (secondary N) is 1. The second-order valence-electron chi connectivity index (χ2n) is 5.09. The molecule has 1 heterocycles. The fourth-order valence-corrected chi connectivity index (χ4v) is 1.87. The summed E-state index contributed by atoms with van der Waals surface area (Å²) < 4.78 is 1.71. The molecule has 1 aromatic rings. The van der Waals surface area contributed by atoms with Crippen LogP contribution in [0.2, 0.25) is 0 Å². The predicted octanol–water partition coefficient (Wildman–Crippen LogP) is 2.89. The van der Waals surface area contributed by atoms with Gasteiger partial charge in [0.1, 0.15) is 0 Å². The summed E-state index contributed by atoms with van der Waals surface area (Å²) in [5, 5.41) is 3.14. The standard InChI is InChI=1S/C14H25N3O/c1-4-10-17-11-9-16-13(14(17)18)15-8-6-5-7-12(2)3/h9,11-12H,4-8,10H2,1-3H3,(H,15,16). The van der Waals surface area contributed by atoms with E-state index in [1.807, 2.05) is 0 Å². The van der Waals surface area contributed by atoms with Crippen LogP contribution in [0.1, 0.15) is 46.5 Å². The van der Waals surface area contributed by atoms with Crippen molar-refractivity contribution in [2.45, 2.75) is 53.0 Å². The molecule has 0 fully saturated rings. The third-order valence-corrected chi connectivity index (χ3v) is 2.88. The van der Waals surface area contributed by atoms with Crippen LogP contribution in [0.4, 0.5) is 5.82 Å². The van der Waals surface area contributed by atoms with E-state index in [-0.39, 0.29) is 5.56 Å². The van der Waals surface area contributed by atoms with Crippen LogP contribution >= 0.6 is 0 Å². The van der Waals surface area contributed by atoms with Crippen LogP contribution in [-0.4, -0.2) is 16.1 Å². The molecular weight excluding hydrogens is 226 g/mol. The number of hydrogen-bond acceptors (Lipinski definition) is 3. The van der Waals surface area contributed by atoms with Crippen molar-refractivity contribution in [3.8, 4) is 0 Å². The van der Waals surface area contributed by atoms with Crippen molar-refractivity contribution in [3.05, 3.63) is 22.7 Å². The summed E-state index contributed by atoms with van der Waals surface area (Å²) in [6.45, 7) is 8.10. The summed E-state index contributed by atoms with van der Waals surface area (Å²) >= 11 is 0. The van der Waals surface area contributed by atoms with E-state index in [9.17, 15) is 4.79 Å². The van der Waals surface area contributed by atoms with E-state index >= 15 is 0 Å². The first-order valence-electron chi connectivity index (χ1n) is 6.94. The maximum atomic E-state index is 12.0. The van der Waals surface area contributed by atoms with E-state index in [1.54, 1.807) is 17.0 Å². The summed E-state index contributed by atoms with van der Waals surface area (Å²) in [5.74, 6) is 1.23. The maximum absolute atomic E-state index is 12.0. The molecule has 1 N–H and O–H groups in total. The second-order valence-corrected chi connectivity index (χ2v) is 5.09. The maximum Gasteiger partial charge on any atom is 0.293 e. The first-order valence-corrected chi connectivity index (χ1v) is 6.94.